The smallest absolute Gasteiger partial charge is 0.166 e. The second kappa shape index (κ2) is 4.78. The zero-order chi connectivity index (χ0) is 13.4. The minimum absolute atomic E-state index is 0.0565. The van der Waals surface area contributed by atoms with Crippen molar-refractivity contribution in [1.82, 2.24) is 0 Å². The van der Waals surface area contributed by atoms with Crippen molar-refractivity contribution in [3.63, 3.8) is 0 Å². The van der Waals surface area contributed by atoms with Gasteiger partial charge in [-0.1, -0.05) is 41.9 Å². The summed E-state index contributed by atoms with van der Waals surface area (Å²) in [5.41, 5.74) is 2.82. The highest BCUT2D eigenvalue weighted by molar-refractivity contribution is 6.30. The highest BCUT2D eigenvalue weighted by Crippen LogP contribution is 2.29. The Morgan fingerprint density at radius 2 is 2.00 bits per heavy atom. The van der Waals surface area contributed by atoms with Crippen LogP contribution in [0, 0.1) is 11.7 Å². The summed E-state index contributed by atoms with van der Waals surface area (Å²) >= 11 is 5.76. The van der Waals surface area contributed by atoms with Crippen LogP contribution < -0.4 is 0 Å². The maximum atomic E-state index is 13.1. The van der Waals surface area contributed by atoms with Gasteiger partial charge in [-0.25, -0.2) is 4.39 Å². The number of Topliss-reactive ketones (excluding diaryl/α,β-unsaturated/α-hetero) is 1. The minimum atomic E-state index is -0.425. The number of benzene rings is 2. The number of rotatable bonds is 2. The summed E-state index contributed by atoms with van der Waals surface area (Å²) in [5.74, 6) is -0.304. The fraction of sp³-hybridized carbons (Fsp3) is 0.188. The van der Waals surface area contributed by atoms with Crippen molar-refractivity contribution in [3.05, 3.63) is 70.0 Å². The van der Waals surface area contributed by atoms with Crippen molar-refractivity contribution in [1.29, 1.82) is 0 Å². The molecule has 0 N–H and O–H groups in total. The number of hydrogen-bond donors (Lipinski definition) is 0. The molecule has 19 heavy (non-hydrogen) atoms. The molecule has 1 nitrogen and oxygen atoms in total. The Balaban J connectivity index is 1.83. The molecule has 1 atom stereocenters. The van der Waals surface area contributed by atoms with Gasteiger partial charge in [-0.15, -0.1) is 0 Å². The Morgan fingerprint density at radius 1 is 1.21 bits per heavy atom. The van der Waals surface area contributed by atoms with Gasteiger partial charge in [-0.2, -0.15) is 0 Å². The van der Waals surface area contributed by atoms with Gasteiger partial charge in [0, 0.05) is 11.5 Å². The third kappa shape index (κ3) is 2.28. The van der Waals surface area contributed by atoms with E-state index in [0.717, 1.165) is 23.1 Å². The molecule has 1 aliphatic carbocycles. The van der Waals surface area contributed by atoms with Crippen LogP contribution >= 0.6 is 11.6 Å². The molecular formula is C16H12ClFO. The van der Waals surface area contributed by atoms with Crippen LogP contribution in [0.1, 0.15) is 21.5 Å². The van der Waals surface area contributed by atoms with Gasteiger partial charge in [0.15, 0.2) is 5.78 Å². The molecule has 0 saturated carbocycles. The molecule has 0 fully saturated rings. The Labute approximate surface area is 116 Å². The van der Waals surface area contributed by atoms with Crippen molar-refractivity contribution in [2.75, 3.05) is 0 Å². The fourth-order valence-corrected chi connectivity index (χ4v) is 2.84. The van der Waals surface area contributed by atoms with Gasteiger partial charge in [0.2, 0.25) is 0 Å². The zero-order valence-electron chi connectivity index (χ0n) is 10.2. The molecule has 0 aliphatic heterocycles. The molecule has 0 bridgehead atoms. The van der Waals surface area contributed by atoms with E-state index in [2.05, 4.69) is 0 Å². The van der Waals surface area contributed by atoms with Gasteiger partial charge in [0.05, 0.1) is 5.02 Å². The maximum Gasteiger partial charge on any atom is 0.166 e. The predicted molar refractivity (Wildman–Crippen MR) is 73.1 cm³/mol. The molecule has 2 aromatic carbocycles. The molecule has 96 valence electrons. The average Bonchev–Trinajstić information content (AvgIpc) is 2.72. The first kappa shape index (κ1) is 12.4. The molecule has 1 unspecified atom stereocenters. The molecule has 0 heterocycles. The largest absolute Gasteiger partial charge is 0.294 e. The summed E-state index contributed by atoms with van der Waals surface area (Å²) in [7, 11) is 0. The lowest BCUT2D eigenvalue weighted by Gasteiger charge is -2.08. The molecular weight excluding hydrogens is 263 g/mol. The van der Waals surface area contributed by atoms with Crippen LogP contribution in [0.5, 0.6) is 0 Å². The van der Waals surface area contributed by atoms with Crippen LogP contribution in [-0.2, 0) is 12.8 Å². The third-order valence-electron chi connectivity index (χ3n) is 3.59. The fourth-order valence-electron chi connectivity index (χ4n) is 2.63. The lowest BCUT2D eigenvalue weighted by atomic mass is 9.96. The number of hydrogen-bond acceptors (Lipinski definition) is 1. The van der Waals surface area contributed by atoms with Crippen LogP contribution in [0.25, 0.3) is 0 Å². The van der Waals surface area contributed by atoms with Gasteiger partial charge in [0.25, 0.3) is 0 Å². The molecule has 0 saturated heterocycles. The molecule has 1 aliphatic rings. The molecule has 0 spiro atoms. The number of fused-ring (bicyclic) bond motifs is 1. The molecule has 0 radical (unpaired) electrons. The zero-order valence-corrected chi connectivity index (χ0v) is 11.0. The highest BCUT2D eigenvalue weighted by Gasteiger charge is 2.29. The van der Waals surface area contributed by atoms with E-state index in [1.54, 1.807) is 12.1 Å². The highest BCUT2D eigenvalue weighted by atomic mass is 35.5. The van der Waals surface area contributed by atoms with Gasteiger partial charge in [-0.05, 0) is 36.1 Å². The van der Waals surface area contributed by atoms with Gasteiger partial charge >= 0.3 is 0 Å². The van der Waals surface area contributed by atoms with E-state index in [1.807, 2.05) is 24.3 Å². The van der Waals surface area contributed by atoms with Gasteiger partial charge < -0.3 is 0 Å². The first-order valence-corrected chi connectivity index (χ1v) is 6.59. The first-order chi connectivity index (χ1) is 9.15. The topological polar surface area (TPSA) is 17.1 Å². The minimum Gasteiger partial charge on any atom is -0.294 e. The predicted octanol–water partition coefficient (Wildman–Crippen LogP) is 4.08. The van der Waals surface area contributed by atoms with E-state index >= 15 is 0 Å². The summed E-state index contributed by atoms with van der Waals surface area (Å²) in [6.45, 7) is 0. The second-order valence-electron chi connectivity index (χ2n) is 4.88. The van der Waals surface area contributed by atoms with Gasteiger partial charge in [0.1, 0.15) is 5.82 Å². The van der Waals surface area contributed by atoms with Gasteiger partial charge in [-0.3, -0.25) is 4.79 Å². The lowest BCUT2D eigenvalue weighted by molar-refractivity contribution is 0.0936. The number of halogens is 2. The summed E-state index contributed by atoms with van der Waals surface area (Å²) in [5, 5.41) is 0.112. The number of ketones is 1. The molecule has 0 amide bonds. The quantitative estimate of drug-likeness (QED) is 0.806. The Hall–Kier alpha value is -1.67. The third-order valence-corrected chi connectivity index (χ3v) is 3.88. The van der Waals surface area contributed by atoms with Crippen molar-refractivity contribution >= 4 is 17.4 Å². The van der Waals surface area contributed by atoms with E-state index in [9.17, 15) is 9.18 Å². The number of carbonyl (C=O) groups is 1. The SMILES string of the molecule is O=C1c2ccccc2CC1Cc1ccc(F)c(Cl)c1. The summed E-state index contributed by atoms with van der Waals surface area (Å²) < 4.78 is 13.1. The van der Waals surface area contributed by atoms with E-state index in [0.29, 0.717) is 6.42 Å². The van der Waals surface area contributed by atoms with Crippen molar-refractivity contribution in [2.45, 2.75) is 12.8 Å². The van der Waals surface area contributed by atoms with E-state index in [4.69, 9.17) is 11.6 Å². The lowest BCUT2D eigenvalue weighted by Crippen LogP contribution is -2.12. The maximum absolute atomic E-state index is 13.1. The standard InChI is InChI=1S/C16H12ClFO/c17-14-8-10(5-6-15(14)18)7-12-9-11-3-1-2-4-13(11)16(12)19/h1-6,8,12H,7,9H2. The van der Waals surface area contributed by atoms with E-state index in [-0.39, 0.29) is 16.7 Å². The van der Waals surface area contributed by atoms with Crippen LogP contribution in [0.3, 0.4) is 0 Å². The normalized spacial score (nSPS) is 17.6. The Morgan fingerprint density at radius 3 is 2.74 bits per heavy atom. The monoisotopic (exact) mass is 274 g/mol. The summed E-state index contributed by atoms with van der Waals surface area (Å²) in [6, 6.07) is 12.3. The van der Waals surface area contributed by atoms with E-state index < -0.39 is 5.82 Å². The first-order valence-electron chi connectivity index (χ1n) is 6.21. The van der Waals surface area contributed by atoms with Crippen LogP contribution in [0.15, 0.2) is 42.5 Å². The Kier molecular flexibility index (Phi) is 3.11. The van der Waals surface area contributed by atoms with Crippen LogP contribution in [0.2, 0.25) is 5.02 Å². The average molecular weight is 275 g/mol. The van der Waals surface area contributed by atoms with Crippen molar-refractivity contribution < 1.29 is 9.18 Å². The van der Waals surface area contributed by atoms with Crippen LogP contribution in [0.4, 0.5) is 4.39 Å². The molecule has 3 heteroatoms. The van der Waals surface area contributed by atoms with Crippen LogP contribution in [-0.4, -0.2) is 5.78 Å². The van der Waals surface area contributed by atoms with Crippen molar-refractivity contribution in [3.8, 4) is 0 Å². The molecule has 3 rings (SSSR count). The van der Waals surface area contributed by atoms with E-state index in [1.165, 1.54) is 6.07 Å². The molecule has 0 aromatic heterocycles. The second-order valence-corrected chi connectivity index (χ2v) is 5.28. The summed E-state index contributed by atoms with van der Waals surface area (Å²) in [4.78, 5) is 12.2. The Bertz CT molecular complexity index is 651. The number of carbonyl (C=O) groups excluding carboxylic acids is 1. The molecule has 2 aromatic rings. The summed E-state index contributed by atoms with van der Waals surface area (Å²) in [6.07, 6.45) is 1.36. The van der Waals surface area contributed by atoms with Crippen molar-refractivity contribution in [2.24, 2.45) is 5.92 Å².